The third-order valence-electron chi connectivity index (χ3n) is 4.21. The minimum absolute atomic E-state index is 0.0220. The van der Waals surface area contributed by atoms with Gasteiger partial charge < -0.3 is 10.1 Å². The standard InChI is InChI=1S/C18H22N2O4/c1-3-4-15(21)12-5-8-16-14(9-12)20(18(23)11(2)24-16)10-17(22)19-13-6-7-13/h5,8-9,11,13H,3-4,6-7,10H2,1-2H3,(H,19,22). The van der Waals surface area contributed by atoms with Gasteiger partial charge in [0, 0.05) is 18.0 Å². The molecule has 1 fully saturated rings. The van der Waals surface area contributed by atoms with Crippen molar-refractivity contribution in [3.05, 3.63) is 23.8 Å². The van der Waals surface area contributed by atoms with Gasteiger partial charge >= 0.3 is 0 Å². The summed E-state index contributed by atoms with van der Waals surface area (Å²) in [6.45, 7) is 3.55. The summed E-state index contributed by atoms with van der Waals surface area (Å²) >= 11 is 0. The summed E-state index contributed by atoms with van der Waals surface area (Å²) in [5.74, 6) is 0.0906. The van der Waals surface area contributed by atoms with E-state index in [1.54, 1.807) is 25.1 Å². The molecular weight excluding hydrogens is 308 g/mol. The molecule has 1 heterocycles. The summed E-state index contributed by atoms with van der Waals surface area (Å²) in [4.78, 5) is 38.2. The van der Waals surface area contributed by atoms with Crippen LogP contribution in [-0.2, 0) is 9.59 Å². The van der Waals surface area contributed by atoms with Crippen molar-refractivity contribution in [2.45, 2.75) is 51.7 Å². The zero-order valence-electron chi connectivity index (χ0n) is 14.0. The zero-order valence-corrected chi connectivity index (χ0v) is 14.0. The zero-order chi connectivity index (χ0) is 17.3. The van der Waals surface area contributed by atoms with E-state index in [9.17, 15) is 14.4 Å². The maximum Gasteiger partial charge on any atom is 0.268 e. The second-order valence-corrected chi connectivity index (χ2v) is 6.38. The van der Waals surface area contributed by atoms with Gasteiger partial charge in [-0.2, -0.15) is 0 Å². The lowest BCUT2D eigenvalue weighted by Crippen LogP contribution is -2.49. The van der Waals surface area contributed by atoms with Gasteiger partial charge in [-0.25, -0.2) is 0 Å². The number of ether oxygens (including phenoxy) is 1. The molecule has 1 aliphatic carbocycles. The minimum Gasteiger partial charge on any atom is -0.479 e. The number of carbonyl (C=O) groups is 3. The maximum atomic E-state index is 12.5. The number of benzene rings is 1. The van der Waals surface area contributed by atoms with Crippen molar-refractivity contribution in [2.75, 3.05) is 11.4 Å². The maximum absolute atomic E-state index is 12.5. The van der Waals surface area contributed by atoms with Gasteiger partial charge in [-0.3, -0.25) is 19.3 Å². The topological polar surface area (TPSA) is 75.7 Å². The molecule has 1 aliphatic heterocycles. The molecule has 6 heteroatoms. The van der Waals surface area contributed by atoms with Gasteiger partial charge in [-0.1, -0.05) is 6.92 Å². The van der Waals surface area contributed by atoms with E-state index in [1.807, 2.05) is 6.92 Å². The van der Waals surface area contributed by atoms with Crippen molar-refractivity contribution in [1.29, 1.82) is 0 Å². The second-order valence-electron chi connectivity index (χ2n) is 6.38. The van der Waals surface area contributed by atoms with Crippen LogP contribution in [0.15, 0.2) is 18.2 Å². The lowest BCUT2D eigenvalue weighted by atomic mass is 10.0. The van der Waals surface area contributed by atoms with E-state index >= 15 is 0 Å². The quantitative estimate of drug-likeness (QED) is 0.810. The van der Waals surface area contributed by atoms with Crippen LogP contribution in [0, 0.1) is 0 Å². The number of ketones is 1. The van der Waals surface area contributed by atoms with E-state index < -0.39 is 6.10 Å². The first-order valence-electron chi connectivity index (χ1n) is 8.44. The highest BCUT2D eigenvalue weighted by molar-refractivity contribution is 6.05. The van der Waals surface area contributed by atoms with E-state index in [0.29, 0.717) is 23.4 Å². The Labute approximate surface area is 141 Å². The average Bonchev–Trinajstić information content (AvgIpc) is 3.35. The molecule has 0 spiro atoms. The third-order valence-corrected chi connectivity index (χ3v) is 4.21. The number of hydrogen-bond donors (Lipinski definition) is 1. The van der Waals surface area contributed by atoms with Gasteiger partial charge in [0.05, 0.1) is 5.69 Å². The molecule has 1 aromatic carbocycles. The van der Waals surface area contributed by atoms with Gasteiger partial charge in [0.1, 0.15) is 12.3 Å². The van der Waals surface area contributed by atoms with Crippen LogP contribution in [0.4, 0.5) is 5.69 Å². The highest BCUT2D eigenvalue weighted by Crippen LogP contribution is 2.35. The lowest BCUT2D eigenvalue weighted by Gasteiger charge is -2.32. The lowest BCUT2D eigenvalue weighted by molar-refractivity contribution is -0.128. The van der Waals surface area contributed by atoms with Gasteiger partial charge in [0.2, 0.25) is 5.91 Å². The Morgan fingerprint density at radius 1 is 1.33 bits per heavy atom. The highest BCUT2D eigenvalue weighted by atomic mass is 16.5. The average molecular weight is 330 g/mol. The number of hydrogen-bond acceptors (Lipinski definition) is 4. The van der Waals surface area contributed by atoms with Crippen LogP contribution in [0.25, 0.3) is 0 Å². The molecule has 0 bridgehead atoms. The number of rotatable bonds is 6. The van der Waals surface area contributed by atoms with Gasteiger partial charge in [0.15, 0.2) is 11.9 Å². The smallest absolute Gasteiger partial charge is 0.268 e. The molecule has 3 rings (SSSR count). The summed E-state index contributed by atoms with van der Waals surface area (Å²) in [6.07, 6.45) is 2.54. The first kappa shape index (κ1) is 16.5. The predicted octanol–water partition coefficient (Wildman–Crippen LogP) is 2.06. The largest absolute Gasteiger partial charge is 0.479 e. The predicted molar refractivity (Wildman–Crippen MR) is 89.3 cm³/mol. The van der Waals surface area contributed by atoms with Gasteiger partial charge in [-0.05, 0) is 44.4 Å². The van der Waals surface area contributed by atoms with Crippen molar-refractivity contribution >= 4 is 23.3 Å². The Kier molecular flexibility index (Phi) is 4.55. The third kappa shape index (κ3) is 3.42. The van der Waals surface area contributed by atoms with Crippen molar-refractivity contribution in [1.82, 2.24) is 5.32 Å². The Bertz CT molecular complexity index is 682. The first-order chi connectivity index (χ1) is 11.5. The molecule has 6 nitrogen and oxygen atoms in total. The summed E-state index contributed by atoms with van der Waals surface area (Å²) < 4.78 is 5.61. The number of amides is 2. The van der Waals surface area contributed by atoms with E-state index in [4.69, 9.17) is 4.74 Å². The second kappa shape index (κ2) is 6.63. The van der Waals surface area contributed by atoms with E-state index in [2.05, 4.69) is 5.32 Å². The Morgan fingerprint density at radius 2 is 2.08 bits per heavy atom. The summed E-state index contributed by atoms with van der Waals surface area (Å²) in [6, 6.07) is 5.30. The molecule has 1 atom stereocenters. The molecule has 0 radical (unpaired) electrons. The molecule has 0 saturated heterocycles. The molecule has 1 unspecified atom stereocenters. The Hall–Kier alpha value is -2.37. The van der Waals surface area contributed by atoms with Crippen LogP contribution >= 0.6 is 0 Å². The molecule has 128 valence electrons. The van der Waals surface area contributed by atoms with E-state index in [1.165, 1.54) is 4.90 Å². The number of fused-ring (bicyclic) bond motifs is 1. The van der Waals surface area contributed by atoms with Crippen LogP contribution in [0.3, 0.4) is 0 Å². The van der Waals surface area contributed by atoms with Crippen LogP contribution in [0.2, 0.25) is 0 Å². The molecule has 1 aromatic rings. The fourth-order valence-corrected chi connectivity index (χ4v) is 2.76. The molecule has 2 amide bonds. The molecule has 24 heavy (non-hydrogen) atoms. The van der Waals surface area contributed by atoms with Crippen molar-refractivity contribution in [2.24, 2.45) is 0 Å². The van der Waals surface area contributed by atoms with Crippen molar-refractivity contribution < 1.29 is 19.1 Å². The van der Waals surface area contributed by atoms with Gasteiger partial charge in [0.25, 0.3) is 5.91 Å². The van der Waals surface area contributed by atoms with Gasteiger partial charge in [-0.15, -0.1) is 0 Å². The van der Waals surface area contributed by atoms with E-state index in [-0.39, 0.29) is 30.2 Å². The Balaban J connectivity index is 1.87. The first-order valence-corrected chi connectivity index (χ1v) is 8.44. The summed E-state index contributed by atoms with van der Waals surface area (Å²) in [5.41, 5.74) is 1.03. The molecule has 1 N–H and O–H groups in total. The molecule has 0 aromatic heterocycles. The monoisotopic (exact) mass is 330 g/mol. The van der Waals surface area contributed by atoms with Crippen molar-refractivity contribution in [3.63, 3.8) is 0 Å². The fourth-order valence-electron chi connectivity index (χ4n) is 2.76. The normalized spacial score (nSPS) is 19.5. The van der Waals surface area contributed by atoms with Crippen LogP contribution in [0.1, 0.15) is 49.9 Å². The van der Waals surface area contributed by atoms with Crippen LogP contribution in [0.5, 0.6) is 5.75 Å². The van der Waals surface area contributed by atoms with E-state index in [0.717, 1.165) is 19.3 Å². The highest BCUT2D eigenvalue weighted by Gasteiger charge is 2.34. The molecule has 2 aliphatic rings. The number of nitrogens with one attached hydrogen (secondary N) is 1. The summed E-state index contributed by atoms with van der Waals surface area (Å²) in [7, 11) is 0. The number of Topliss-reactive ketones (excluding diaryl/α,β-unsaturated/α-hetero) is 1. The Morgan fingerprint density at radius 3 is 2.75 bits per heavy atom. The number of anilines is 1. The van der Waals surface area contributed by atoms with Crippen LogP contribution < -0.4 is 15.0 Å². The molecular formula is C18H22N2O4. The number of carbonyl (C=O) groups excluding carboxylic acids is 3. The summed E-state index contributed by atoms with van der Waals surface area (Å²) in [5, 5.41) is 2.88. The minimum atomic E-state index is -0.650. The SMILES string of the molecule is CCCC(=O)c1ccc2c(c1)N(CC(=O)NC1CC1)C(=O)C(C)O2. The molecule has 1 saturated carbocycles. The fraction of sp³-hybridized carbons (Fsp3) is 0.500. The van der Waals surface area contributed by atoms with Crippen LogP contribution in [-0.4, -0.2) is 36.3 Å². The number of nitrogens with zero attached hydrogens (tertiary/aromatic N) is 1. The van der Waals surface area contributed by atoms with Crippen molar-refractivity contribution in [3.8, 4) is 5.75 Å².